The number of carbonyl (C=O) groups is 1. The summed E-state index contributed by atoms with van der Waals surface area (Å²) in [6, 6.07) is -0.253. The van der Waals surface area contributed by atoms with Crippen molar-refractivity contribution >= 4 is 5.78 Å². The third-order valence-electron chi connectivity index (χ3n) is 3.12. The van der Waals surface area contributed by atoms with Gasteiger partial charge < -0.3 is 10.4 Å². The SMILES string of the molecule is CC[C@H](CO)NC1=C([N+](=O)[O-])C(=O)CC(C)(C)C1. The lowest BCUT2D eigenvalue weighted by Gasteiger charge is -2.30. The third kappa shape index (κ3) is 3.29. The molecule has 6 heteroatoms. The number of allylic oxidation sites excluding steroid dienone is 2. The number of aliphatic hydroxyl groups excluding tert-OH is 1. The second-order valence-electron chi connectivity index (χ2n) is 5.46. The van der Waals surface area contributed by atoms with Crippen molar-refractivity contribution in [1.82, 2.24) is 5.32 Å². The largest absolute Gasteiger partial charge is 0.394 e. The molecule has 18 heavy (non-hydrogen) atoms. The van der Waals surface area contributed by atoms with E-state index < -0.39 is 10.7 Å². The van der Waals surface area contributed by atoms with Gasteiger partial charge in [-0.15, -0.1) is 0 Å². The molecule has 0 fully saturated rings. The number of rotatable bonds is 5. The van der Waals surface area contributed by atoms with Crippen LogP contribution in [0.2, 0.25) is 0 Å². The fourth-order valence-electron chi connectivity index (χ4n) is 2.17. The number of carbonyl (C=O) groups excluding carboxylic acids is 1. The Labute approximate surface area is 106 Å². The van der Waals surface area contributed by atoms with Crippen LogP contribution in [0.1, 0.15) is 40.0 Å². The molecule has 0 amide bonds. The molecule has 6 nitrogen and oxygen atoms in total. The fraction of sp³-hybridized carbons (Fsp3) is 0.750. The Morgan fingerprint density at radius 1 is 1.50 bits per heavy atom. The van der Waals surface area contributed by atoms with Gasteiger partial charge in [-0.05, 0) is 18.3 Å². The maximum absolute atomic E-state index is 11.8. The number of hydrogen-bond donors (Lipinski definition) is 2. The molecule has 0 bridgehead atoms. The molecule has 2 N–H and O–H groups in total. The van der Waals surface area contributed by atoms with E-state index in [0.29, 0.717) is 18.5 Å². The summed E-state index contributed by atoms with van der Waals surface area (Å²) in [6.07, 6.45) is 1.27. The van der Waals surface area contributed by atoms with Gasteiger partial charge in [0, 0.05) is 12.5 Å². The summed E-state index contributed by atoms with van der Waals surface area (Å²) in [5, 5.41) is 23.0. The van der Waals surface area contributed by atoms with Gasteiger partial charge >= 0.3 is 5.70 Å². The van der Waals surface area contributed by atoms with E-state index in [9.17, 15) is 14.9 Å². The summed E-state index contributed by atoms with van der Waals surface area (Å²) in [6.45, 7) is 5.57. The first-order chi connectivity index (χ1) is 8.30. The van der Waals surface area contributed by atoms with E-state index in [1.165, 1.54) is 0 Å². The second-order valence-corrected chi connectivity index (χ2v) is 5.46. The molecule has 0 heterocycles. The number of ketones is 1. The molecule has 0 aromatic carbocycles. The van der Waals surface area contributed by atoms with Gasteiger partial charge in [0.15, 0.2) is 0 Å². The molecule has 1 atom stereocenters. The first-order valence-corrected chi connectivity index (χ1v) is 6.09. The van der Waals surface area contributed by atoms with Crippen LogP contribution in [0.5, 0.6) is 0 Å². The predicted molar refractivity (Wildman–Crippen MR) is 66.3 cm³/mol. The van der Waals surface area contributed by atoms with E-state index in [0.717, 1.165) is 0 Å². The summed E-state index contributed by atoms with van der Waals surface area (Å²) in [5.74, 6) is -0.438. The van der Waals surface area contributed by atoms with Crippen molar-refractivity contribution in [2.45, 2.75) is 46.1 Å². The maximum Gasteiger partial charge on any atom is 0.330 e. The molecular formula is C12H20N2O4. The van der Waals surface area contributed by atoms with Gasteiger partial charge in [-0.25, -0.2) is 0 Å². The van der Waals surface area contributed by atoms with Gasteiger partial charge in [-0.2, -0.15) is 0 Å². The smallest absolute Gasteiger partial charge is 0.330 e. The molecule has 0 saturated carbocycles. The Bertz CT molecular complexity index is 384. The minimum absolute atomic E-state index is 0.111. The van der Waals surface area contributed by atoms with E-state index in [2.05, 4.69) is 5.32 Å². The number of Topliss-reactive ketones (excluding diaryl/α,β-unsaturated/α-hetero) is 1. The van der Waals surface area contributed by atoms with Crippen LogP contribution in [0.3, 0.4) is 0 Å². The van der Waals surface area contributed by atoms with Crippen molar-refractivity contribution in [2.24, 2.45) is 5.41 Å². The molecule has 102 valence electrons. The standard InChI is InChI=1S/C12H20N2O4/c1-4-8(7-15)13-9-5-12(2,3)6-10(16)11(9)14(17)18/h8,13,15H,4-7H2,1-3H3/t8-/m1/s1. The molecule has 1 aliphatic carbocycles. The second kappa shape index (κ2) is 5.48. The van der Waals surface area contributed by atoms with Crippen LogP contribution in [-0.2, 0) is 4.79 Å². The fourth-order valence-corrected chi connectivity index (χ4v) is 2.17. The van der Waals surface area contributed by atoms with Crippen LogP contribution in [0.4, 0.5) is 0 Å². The van der Waals surface area contributed by atoms with Crippen LogP contribution < -0.4 is 5.32 Å². The van der Waals surface area contributed by atoms with Gasteiger partial charge in [-0.1, -0.05) is 20.8 Å². The highest BCUT2D eigenvalue weighted by atomic mass is 16.6. The average molecular weight is 256 g/mol. The van der Waals surface area contributed by atoms with Gasteiger partial charge in [0.1, 0.15) is 0 Å². The Kier molecular flexibility index (Phi) is 4.45. The van der Waals surface area contributed by atoms with Crippen LogP contribution in [0.25, 0.3) is 0 Å². The van der Waals surface area contributed by atoms with Gasteiger partial charge in [0.05, 0.1) is 17.2 Å². The molecule has 0 aliphatic heterocycles. The summed E-state index contributed by atoms with van der Waals surface area (Å²) >= 11 is 0. The van der Waals surface area contributed by atoms with Gasteiger partial charge in [-0.3, -0.25) is 14.9 Å². The molecule has 0 radical (unpaired) electrons. The van der Waals surface area contributed by atoms with Crippen molar-refractivity contribution in [1.29, 1.82) is 0 Å². The highest BCUT2D eigenvalue weighted by molar-refractivity contribution is 5.95. The van der Waals surface area contributed by atoms with Crippen molar-refractivity contribution in [3.05, 3.63) is 21.5 Å². The Morgan fingerprint density at radius 3 is 2.56 bits per heavy atom. The Hall–Kier alpha value is -1.43. The monoisotopic (exact) mass is 256 g/mol. The Balaban J connectivity index is 3.08. The number of nitro groups is 1. The maximum atomic E-state index is 11.8. The minimum Gasteiger partial charge on any atom is -0.394 e. The van der Waals surface area contributed by atoms with Crippen molar-refractivity contribution in [3.63, 3.8) is 0 Å². The zero-order valence-electron chi connectivity index (χ0n) is 11.0. The van der Waals surface area contributed by atoms with Gasteiger partial charge in [0.2, 0.25) is 5.78 Å². The highest BCUT2D eigenvalue weighted by Crippen LogP contribution is 2.36. The van der Waals surface area contributed by atoms with Crippen LogP contribution in [0, 0.1) is 15.5 Å². The minimum atomic E-state index is -0.621. The first kappa shape index (κ1) is 14.6. The highest BCUT2D eigenvalue weighted by Gasteiger charge is 2.40. The summed E-state index contributed by atoms with van der Waals surface area (Å²) < 4.78 is 0. The summed E-state index contributed by atoms with van der Waals surface area (Å²) in [5.41, 5.74) is -0.282. The molecule has 0 saturated heterocycles. The topological polar surface area (TPSA) is 92.5 Å². The quantitative estimate of drug-likeness (QED) is 0.570. The number of nitrogens with one attached hydrogen (secondary N) is 1. The van der Waals surface area contributed by atoms with Crippen molar-refractivity contribution in [2.75, 3.05) is 6.61 Å². The lowest BCUT2D eigenvalue weighted by Crippen LogP contribution is -2.39. The Morgan fingerprint density at radius 2 is 2.11 bits per heavy atom. The van der Waals surface area contributed by atoms with Crippen molar-refractivity contribution < 1.29 is 14.8 Å². The average Bonchev–Trinajstić information content (AvgIpc) is 2.22. The van der Waals surface area contributed by atoms with E-state index >= 15 is 0 Å². The zero-order chi connectivity index (χ0) is 13.9. The molecule has 0 unspecified atom stereocenters. The van der Waals surface area contributed by atoms with Crippen LogP contribution in [0.15, 0.2) is 11.4 Å². The van der Waals surface area contributed by atoms with Crippen LogP contribution >= 0.6 is 0 Å². The lowest BCUT2D eigenvalue weighted by molar-refractivity contribution is -0.421. The lowest BCUT2D eigenvalue weighted by atomic mass is 9.77. The molecule has 0 aromatic heterocycles. The number of aliphatic hydroxyl groups is 1. The van der Waals surface area contributed by atoms with Crippen LogP contribution in [-0.4, -0.2) is 28.5 Å². The number of nitrogens with zero attached hydrogens (tertiary/aromatic N) is 1. The molecule has 0 spiro atoms. The molecular weight excluding hydrogens is 236 g/mol. The normalized spacial score (nSPS) is 20.8. The molecule has 1 aliphatic rings. The predicted octanol–water partition coefficient (Wildman–Crippen LogP) is 1.22. The van der Waals surface area contributed by atoms with E-state index in [4.69, 9.17) is 5.11 Å². The third-order valence-corrected chi connectivity index (χ3v) is 3.12. The summed E-state index contributed by atoms with van der Waals surface area (Å²) in [7, 11) is 0. The first-order valence-electron chi connectivity index (χ1n) is 6.09. The number of hydrogen-bond acceptors (Lipinski definition) is 5. The molecule has 0 aromatic rings. The zero-order valence-corrected chi connectivity index (χ0v) is 11.0. The van der Waals surface area contributed by atoms with E-state index in [1.54, 1.807) is 0 Å². The van der Waals surface area contributed by atoms with Gasteiger partial charge in [0.25, 0.3) is 0 Å². The van der Waals surface area contributed by atoms with E-state index in [-0.39, 0.29) is 30.2 Å². The van der Waals surface area contributed by atoms with E-state index in [1.807, 2.05) is 20.8 Å². The van der Waals surface area contributed by atoms with Crippen molar-refractivity contribution in [3.8, 4) is 0 Å². The molecule has 1 rings (SSSR count). The summed E-state index contributed by atoms with van der Waals surface area (Å²) in [4.78, 5) is 22.2.